The first-order chi connectivity index (χ1) is 8.67. The Balaban J connectivity index is 2.26. The van der Waals surface area contributed by atoms with Crippen molar-refractivity contribution >= 4 is 17.7 Å². The van der Waals surface area contributed by atoms with Crippen molar-refractivity contribution in [1.82, 2.24) is 0 Å². The van der Waals surface area contributed by atoms with Crippen molar-refractivity contribution in [3.8, 4) is 0 Å². The van der Waals surface area contributed by atoms with E-state index in [0.29, 0.717) is 17.9 Å². The van der Waals surface area contributed by atoms with Crippen molar-refractivity contribution in [2.45, 2.75) is 6.04 Å². The van der Waals surface area contributed by atoms with E-state index in [2.05, 4.69) is 11.3 Å². The van der Waals surface area contributed by atoms with Crippen LogP contribution in [0.2, 0.25) is 0 Å². The maximum absolute atomic E-state index is 11.6. The molecule has 2 rings (SSSR count). The Kier molecular flexibility index (Phi) is 3.32. The Morgan fingerprint density at radius 1 is 1.50 bits per heavy atom. The average Bonchev–Trinajstić information content (AvgIpc) is 2.79. The molecule has 0 spiro atoms. The van der Waals surface area contributed by atoms with Crippen LogP contribution in [0.15, 0.2) is 36.9 Å². The summed E-state index contributed by atoms with van der Waals surface area (Å²) >= 11 is 0. The van der Waals surface area contributed by atoms with Crippen molar-refractivity contribution in [2.24, 2.45) is 0 Å². The number of cyclic esters (lactones) is 1. The van der Waals surface area contributed by atoms with E-state index in [4.69, 9.17) is 4.74 Å². The topological polar surface area (TPSA) is 55.8 Å². The number of hydrogen-bond acceptors (Lipinski definition) is 4. The summed E-state index contributed by atoms with van der Waals surface area (Å²) in [6, 6.07) is 6.38. The first kappa shape index (κ1) is 12.2. The zero-order chi connectivity index (χ0) is 13.1. The Hall–Kier alpha value is -2.30. The van der Waals surface area contributed by atoms with Gasteiger partial charge in [0.1, 0.15) is 6.61 Å². The van der Waals surface area contributed by atoms with E-state index in [0.717, 1.165) is 0 Å². The lowest BCUT2D eigenvalue weighted by atomic mass is 10.2. The third-order valence-electron chi connectivity index (χ3n) is 2.74. The summed E-state index contributed by atoms with van der Waals surface area (Å²) in [5.74, 6) is -0.411. The van der Waals surface area contributed by atoms with Gasteiger partial charge in [-0.05, 0) is 24.3 Å². The van der Waals surface area contributed by atoms with Crippen LogP contribution in [0, 0.1) is 0 Å². The molecule has 5 heteroatoms. The maximum atomic E-state index is 11.6. The highest BCUT2D eigenvalue weighted by Crippen LogP contribution is 2.24. The van der Waals surface area contributed by atoms with Crippen LogP contribution in [-0.2, 0) is 9.47 Å². The summed E-state index contributed by atoms with van der Waals surface area (Å²) in [6.45, 7) is 3.96. The number of rotatable bonds is 3. The van der Waals surface area contributed by atoms with E-state index in [1.165, 1.54) is 12.0 Å². The molecule has 0 unspecified atom stereocenters. The number of carbonyl (C=O) groups excluding carboxylic acids is 2. The normalized spacial score (nSPS) is 18.4. The molecule has 1 amide bonds. The van der Waals surface area contributed by atoms with Gasteiger partial charge in [0.25, 0.3) is 0 Å². The number of anilines is 1. The minimum atomic E-state index is -0.411. The Labute approximate surface area is 105 Å². The van der Waals surface area contributed by atoms with Crippen LogP contribution in [0.4, 0.5) is 10.5 Å². The molecule has 18 heavy (non-hydrogen) atoms. The molecule has 1 saturated heterocycles. The molecule has 1 aliphatic rings. The SMILES string of the molecule is C=C[C@@H]1COC(=O)N1c1ccc(C(=O)OC)cc1. The highest BCUT2D eigenvalue weighted by atomic mass is 16.6. The van der Waals surface area contributed by atoms with Crippen LogP contribution in [0.1, 0.15) is 10.4 Å². The predicted molar refractivity (Wildman–Crippen MR) is 65.6 cm³/mol. The molecule has 1 atom stereocenters. The summed E-state index contributed by atoms with van der Waals surface area (Å²) in [6.07, 6.45) is 1.24. The Bertz CT molecular complexity index is 480. The molecule has 5 nitrogen and oxygen atoms in total. The summed E-state index contributed by atoms with van der Waals surface area (Å²) < 4.78 is 9.55. The molecular formula is C13H13NO4. The molecule has 0 saturated carbocycles. The van der Waals surface area contributed by atoms with Crippen LogP contribution >= 0.6 is 0 Å². The lowest BCUT2D eigenvalue weighted by Gasteiger charge is -2.18. The maximum Gasteiger partial charge on any atom is 0.415 e. The zero-order valence-corrected chi connectivity index (χ0v) is 9.96. The highest BCUT2D eigenvalue weighted by molar-refractivity contribution is 5.93. The van der Waals surface area contributed by atoms with Crippen molar-refractivity contribution < 1.29 is 19.1 Å². The van der Waals surface area contributed by atoms with Gasteiger partial charge < -0.3 is 9.47 Å². The lowest BCUT2D eigenvalue weighted by Crippen LogP contribution is -2.31. The van der Waals surface area contributed by atoms with Crippen molar-refractivity contribution in [3.05, 3.63) is 42.5 Å². The number of hydrogen-bond donors (Lipinski definition) is 0. The molecule has 1 aliphatic heterocycles. The molecule has 1 heterocycles. The Morgan fingerprint density at radius 3 is 2.72 bits per heavy atom. The molecule has 0 aliphatic carbocycles. The van der Waals surface area contributed by atoms with Gasteiger partial charge in [0, 0.05) is 5.69 Å². The zero-order valence-electron chi connectivity index (χ0n) is 9.96. The van der Waals surface area contributed by atoms with Crippen molar-refractivity contribution in [1.29, 1.82) is 0 Å². The first-order valence-electron chi connectivity index (χ1n) is 5.44. The lowest BCUT2D eigenvalue weighted by molar-refractivity contribution is 0.0600. The second-order valence-corrected chi connectivity index (χ2v) is 3.79. The molecule has 1 fully saturated rings. The van der Waals surface area contributed by atoms with Crippen LogP contribution in [0.25, 0.3) is 0 Å². The highest BCUT2D eigenvalue weighted by Gasteiger charge is 2.32. The number of nitrogens with zero attached hydrogens (tertiary/aromatic N) is 1. The number of amides is 1. The van der Waals surface area contributed by atoms with Gasteiger partial charge in [-0.2, -0.15) is 0 Å². The van der Waals surface area contributed by atoms with E-state index < -0.39 is 12.1 Å². The fourth-order valence-corrected chi connectivity index (χ4v) is 1.78. The molecule has 0 N–H and O–H groups in total. The molecule has 1 aromatic rings. The monoisotopic (exact) mass is 247 g/mol. The molecule has 0 radical (unpaired) electrons. The minimum absolute atomic E-state index is 0.179. The fraction of sp³-hybridized carbons (Fsp3) is 0.231. The van der Waals surface area contributed by atoms with Gasteiger partial charge in [0.15, 0.2) is 0 Å². The molecular weight excluding hydrogens is 234 g/mol. The third-order valence-corrected chi connectivity index (χ3v) is 2.74. The molecule has 0 aromatic heterocycles. The number of carbonyl (C=O) groups is 2. The molecule has 94 valence electrons. The van der Waals surface area contributed by atoms with E-state index in [1.807, 2.05) is 0 Å². The molecule has 0 bridgehead atoms. The van der Waals surface area contributed by atoms with Crippen molar-refractivity contribution in [3.63, 3.8) is 0 Å². The van der Waals surface area contributed by atoms with Gasteiger partial charge in [-0.3, -0.25) is 4.90 Å². The van der Waals surface area contributed by atoms with E-state index in [-0.39, 0.29) is 6.04 Å². The average molecular weight is 247 g/mol. The second kappa shape index (κ2) is 4.91. The summed E-state index contributed by atoms with van der Waals surface area (Å²) in [5, 5.41) is 0. The number of ether oxygens (including phenoxy) is 2. The number of methoxy groups -OCH3 is 1. The van der Waals surface area contributed by atoms with Crippen LogP contribution in [0.5, 0.6) is 0 Å². The fourth-order valence-electron chi connectivity index (χ4n) is 1.78. The van der Waals surface area contributed by atoms with Gasteiger partial charge in [-0.1, -0.05) is 6.08 Å². The predicted octanol–water partition coefficient (Wildman–Crippen LogP) is 1.98. The van der Waals surface area contributed by atoms with Crippen molar-refractivity contribution in [2.75, 3.05) is 18.6 Å². The van der Waals surface area contributed by atoms with Crippen LogP contribution in [-0.4, -0.2) is 31.8 Å². The minimum Gasteiger partial charge on any atom is -0.465 e. The van der Waals surface area contributed by atoms with E-state index in [9.17, 15) is 9.59 Å². The van der Waals surface area contributed by atoms with Gasteiger partial charge in [-0.25, -0.2) is 9.59 Å². The van der Waals surface area contributed by atoms with Crippen LogP contribution in [0.3, 0.4) is 0 Å². The van der Waals surface area contributed by atoms with E-state index >= 15 is 0 Å². The van der Waals surface area contributed by atoms with Gasteiger partial charge in [0.2, 0.25) is 0 Å². The van der Waals surface area contributed by atoms with Gasteiger partial charge in [0.05, 0.1) is 18.7 Å². The smallest absolute Gasteiger partial charge is 0.415 e. The Morgan fingerprint density at radius 2 is 2.17 bits per heavy atom. The van der Waals surface area contributed by atoms with Crippen LogP contribution < -0.4 is 4.90 Å². The third kappa shape index (κ3) is 2.07. The summed E-state index contributed by atoms with van der Waals surface area (Å²) in [5.41, 5.74) is 1.10. The number of benzene rings is 1. The van der Waals surface area contributed by atoms with E-state index in [1.54, 1.807) is 30.3 Å². The summed E-state index contributed by atoms with van der Waals surface area (Å²) in [4.78, 5) is 24.4. The number of esters is 1. The quantitative estimate of drug-likeness (QED) is 0.605. The van der Waals surface area contributed by atoms with Gasteiger partial charge >= 0.3 is 12.1 Å². The second-order valence-electron chi connectivity index (χ2n) is 3.79. The first-order valence-corrected chi connectivity index (χ1v) is 5.44. The van der Waals surface area contributed by atoms with Gasteiger partial charge in [-0.15, -0.1) is 6.58 Å². The molecule has 1 aromatic carbocycles. The largest absolute Gasteiger partial charge is 0.465 e. The standard InChI is InChI=1S/C13H13NO4/c1-3-10-8-18-13(16)14(10)11-6-4-9(5-7-11)12(15)17-2/h3-7,10H,1,8H2,2H3/t10-/m1/s1. The summed E-state index contributed by atoms with van der Waals surface area (Å²) in [7, 11) is 1.32.